The van der Waals surface area contributed by atoms with E-state index in [2.05, 4.69) is 0 Å². The first-order chi connectivity index (χ1) is 14.7. The number of urea groups is 1. The molecule has 10 heteroatoms. The van der Waals surface area contributed by atoms with Crippen LogP contribution in [-0.2, 0) is 6.54 Å². The molecule has 0 radical (unpaired) electrons. The lowest BCUT2D eigenvalue weighted by atomic mass is 10.1. The quantitative estimate of drug-likeness (QED) is 0.416. The van der Waals surface area contributed by atoms with Crippen LogP contribution in [0.25, 0.3) is 0 Å². The highest BCUT2D eigenvalue weighted by Crippen LogP contribution is 2.27. The van der Waals surface area contributed by atoms with E-state index in [0.717, 1.165) is 18.6 Å². The van der Waals surface area contributed by atoms with Crippen molar-refractivity contribution >= 4 is 29.2 Å². The van der Waals surface area contributed by atoms with Crippen molar-refractivity contribution in [3.05, 3.63) is 64.2 Å². The van der Waals surface area contributed by atoms with Gasteiger partial charge >= 0.3 is 6.03 Å². The number of nitrogens with one attached hydrogen (secondary N) is 1. The number of rotatable bonds is 5. The van der Waals surface area contributed by atoms with Gasteiger partial charge in [-0.2, -0.15) is 0 Å². The summed E-state index contributed by atoms with van der Waals surface area (Å²) in [5.74, 6) is 3.18. The Morgan fingerprint density at radius 1 is 1.19 bits per heavy atom. The molecule has 0 aromatic heterocycles. The van der Waals surface area contributed by atoms with Crippen LogP contribution in [0.4, 0.5) is 19.3 Å². The molecule has 0 unspecified atom stereocenters. The smallest absolute Gasteiger partial charge is 0.323 e. The number of amides is 3. The Labute approximate surface area is 184 Å². The molecule has 1 aliphatic rings. The number of nitrogens with two attached hydrogens (primary N) is 1. The zero-order valence-electron chi connectivity index (χ0n) is 17.2. The molecule has 0 aliphatic carbocycles. The summed E-state index contributed by atoms with van der Waals surface area (Å²) < 4.78 is 28.4. The molecule has 3 N–H and O–H groups in total. The fraction of sp³-hybridized carbons (Fsp3) is 0.333. The maximum absolute atomic E-state index is 14.7. The molecular formula is C21H24ClF2N5O2. The lowest BCUT2D eigenvalue weighted by Gasteiger charge is -2.29. The number of halogens is 3. The Hall–Kier alpha value is -2.75. The lowest BCUT2D eigenvalue weighted by Crippen LogP contribution is -2.43. The highest BCUT2D eigenvalue weighted by atomic mass is 35.5. The second-order valence-electron chi connectivity index (χ2n) is 7.60. The molecule has 1 aliphatic heterocycles. The van der Waals surface area contributed by atoms with Crippen molar-refractivity contribution in [2.75, 3.05) is 32.1 Å². The van der Waals surface area contributed by atoms with Gasteiger partial charge < -0.3 is 9.80 Å². The third-order valence-electron chi connectivity index (χ3n) is 5.38. The van der Waals surface area contributed by atoms with Crippen molar-refractivity contribution in [2.24, 2.45) is 5.84 Å². The molecule has 0 bridgehead atoms. The molecule has 0 saturated carbocycles. The van der Waals surface area contributed by atoms with Gasteiger partial charge in [-0.15, -0.1) is 0 Å². The number of nitrogen functional groups attached to an aromatic ring is 1. The van der Waals surface area contributed by atoms with Crippen LogP contribution in [0, 0.1) is 11.6 Å². The van der Waals surface area contributed by atoms with E-state index in [1.54, 1.807) is 4.90 Å². The summed E-state index contributed by atoms with van der Waals surface area (Å²) in [6, 6.07) is 7.68. The number of likely N-dealkylation sites (tertiary alicyclic amines) is 1. The number of benzene rings is 2. The Balaban J connectivity index is 1.92. The van der Waals surface area contributed by atoms with Crippen LogP contribution in [0.15, 0.2) is 36.4 Å². The summed E-state index contributed by atoms with van der Waals surface area (Å²) in [6.45, 7) is 0.945. The summed E-state index contributed by atoms with van der Waals surface area (Å²) in [7, 11) is 3.90. The van der Waals surface area contributed by atoms with Crippen molar-refractivity contribution in [1.29, 1.82) is 0 Å². The zero-order chi connectivity index (χ0) is 22.7. The van der Waals surface area contributed by atoms with Gasteiger partial charge in [-0.1, -0.05) is 17.7 Å². The molecule has 2 aromatic rings. The Kier molecular flexibility index (Phi) is 7.09. The number of anilines is 1. The van der Waals surface area contributed by atoms with Gasteiger partial charge in [-0.25, -0.2) is 19.4 Å². The Bertz CT molecular complexity index is 988. The van der Waals surface area contributed by atoms with Gasteiger partial charge in [0.1, 0.15) is 11.6 Å². The lowest BCUT2D eigenvalue weighted by molar-refractivity contribution is 0.0953. The standard InChI is InChI=1S/C21H24ClF2N5O2/c1-27(2)16-7-8-28(12-16)21(31)29(15-5-6-18(23)17(22)10-15)11-14-4-3-13(9-19(14)24)20(30)26-25/h3-6,9-10,16H,7-8,11-12,25H2,1-2H3,(H,26,30)/t16-/m1/s1. The maximum atomic E-state index is 14.7. The molecule has 1 fully saturated rings. The monoisotopic (exact) mass is 451 g/mol. The van der Waals surface area contributed by atoms with Crippen molar-refractivity contribution in [1.82, 2.24) is 15.2 Å². The van der Waals surface area contributed by atoms with Crippen LogP contribution in [0.1, 0.15) is 22.3 Å². The van der Waals surface area contributed by atoms with Gasteiger partial charge in [0.15, 0.2) is 0 Å². The molecule has 166 valence electrons. The van der Waals surface area contributed by atoms with Crippen LogP contribution < -0.4 is 16.2 Å². The largest absolute Gasteiger partial charge is 0.324 e. The Morgan fingerprint density at radius 3 is 2.52 bits per heavy atom. The number of hydrogen-bond acceptors (Lipinski definition) is 4. The van der Waals surface area contributed by atoms with Gasteiger partial charge in [0.2, 0.25) is 0 Å². The van der Waals surface area contributed by atoms with E-state index < -0.39 is 17.5 Å². The third kappa shape index (κ3) is 5.12. The van der Waals surface area contributed by atoms with Crippen LogP contribution in [0.5, 0.6) is 0 Å². The number of hydrogen-bond donors (Lipinski definition) is 2. The van der Waals surface area contributed by atoms with E-state index in [-0.39, 0.29) is 34.8 Å². The minimum absolute atomic E-state index is 0.0554. The molecule has 1 saturated heterocycles. The summed E-state index contributed by atoms with van der Waals surface area (Å²) in [6.07, 6.45) is 0.814. The van der Waals surface area contributed by atoms with Gasteiger partial charge in [-0.05, 0) is 50.8 Å². The fourth-order valence-corrected chi connectivity index (χ4v) is 3.68. The van der Waals surface area contributed by atoms with Crippen molar-refractivity contribution in [3.63, 3.8) is 0 Å². The minimum Gasteiger partial charge on any atom is -0.323 e. The summed E-state index contributed by atoms with van der Waals surface area (Å²) in [5.41, 5.74) is 2.53. The van der Waals surface area contributed by atoms with Crippen LogP contribution in [0.2, 0.25) is 5.02 Å². The molecule has 3 amide bonds. The van der Waals surface area contributed by atoms with Crippen LogP contribution >= 0.6 is 11.6 Å². The van der Waals surface area contributed by atoms with E-state index >= 15 is 0 Å². The molecule has 1 atom stereocenters. The molecule has 3 rings (SSSR count). The van der Waals surface area contributed by atoms with Gasteiger partial charge in [0.05, 0.1) is 11.6 Å². The second-order valence-corrected chi connectivity index (χ2v) is 8.01. The van der Waals surface area contributed by atoms with Gasteiger partial charge in [0.25, 0.3) is 5.91 Å². The zero-order valence-corrected chi connectivity index (χ0v) is 18.0. The van der Waals surface area contributed by atoms with Crippen molar-refractivity contribution in [3.8, 4) is 0 Å². The number of carbonyl (C=O) groups excluding carboxylic acids is 2. The van der Waals surface area contributed by atoms with E-state index in [4.69, 9.17) is 17.4 Å². The molecule has 1 heterocycles. The topological polar surface area (TPSA) is 81.9 Å². The van der Waals surface area contributed by atoms with Crippen molar-refractivity contribution in [2.45, 2.75) is 19.0 Å². The van der Waals surface area contributed by atoms with Crippen LogP contribution in [-0.4, -0.2) is 55.0 Å². The SMILES string of the molecule is CN(C)[C@@H]1CCN(C(=O)N(Cc2ccc(C(=O)NN)cc2F)c2ccc(F)c(Cl)c2)C1. The van der Waals surface area contributed by atoms with Crippen LogP contribution in [0.3, 0.4) is 0 Å². The molecule has 31 heavy (non-hydrogen) atoms. The van der Waals surface area contributed by atoms with Gasteiger partial charge in [-0.3, -0.25) is 15.1 Å². The molecule has 0 spiro atoms. The fourth-order valence-electron chi connectivity index (χ4n) is 3.50. The summed E-state index contributed by atoms with van der Waals surface area (Å²) >= 11 is 5.93. The first kappa shape index (κ1) is 22.9. The predicted octanol–water partition coefficient (Wildman–Crippen LogP) is 2.98. The first-order valence-electron chi connectivity index (χ1n) is 9.68. The van der Waals surface area contributed by atoms with E-state index in [1.807, 2.05) is 24.4 Å². The number of hydrazine groups is 1. The second kappa shape index (κ2) is 9.59. The normalized spacial score (nSPS) is 16.0. The highest BCUT2D eigenvalue weighted by Gasteiger charge is 2.31. The van der Waals surface area contributed by atoms with Gasteiger partial charge in [0, 0.05) is 35.9 Å². The average Bonchev–Trinajstić information content (AvgIpc) is 3.24. The Morgan fingerprint density at radius 2 is 1.94 bits per heavy atom. The molecule has 7 nitrogen and oxygen atoms in total. The predicted molar refractivity (Wildman–Crippen MR) is 115 cm³/mol. The molecule has 2 aromatic carbocycles. The summed E-state index contributed by atoms with van der Waals surface area (Å²) in [4.78, 5) is 30.0. The molecular weight excluding hydrogens is 428 g/mol. The van der Waals surface area contributed by atoms with Crippen molar-refractivity contribution < 1.29 is 18.4 Å². The number of likely N-dealkylation sites (N-methyl/N-ethyl adjacent to an activating group) is 1. The summed E-state index contributed by atoms with van der Waals surface area (Å²) in [5, 5.41) is -0.140. The third-order valence-corrected chi connectivity index (χ3v) is 5.67. The van der Waals surface area contributed by atoms with E-state index in [0.29, 0.717) is 18.8 Å². The number of nitrogens with zero attached hydrogens (tertiary/aromatic N) is 3. The maximum Gasteiger partial charge on any atom is 0.324 e. The van der Waals surface area contributed by atoms with E-state index in [9.17, 15) is 18.4 Å². The highest BCUT2D eigenvalue weighted by molar-refractivity contribution is 6.31. The number of carbonyl (C=O) groups is 2. The first-order valence-corrected chi connectivity index (χ1v) is 10.1. The van der Waals surface area contributed by atoms with E-state index in [1.165, 1.54) is 29.2 Å². The average molecular weight is 452 g/mol. The minimum atomic E-state index is -0.667.